The number of nitrogens with zero attached hydrogens (tertiary/aromatic N) is 3. The maximum Gasteiger partial charge on any atom is 0.138 e. The smallest absolute Gasteiger partial charge is 0.138 e. The fraction of sp³-hybridized carbons (Fsp3) is 0.385. The SMILES string of the molecule is CCCn1ncnc1CC(N)c1ccccc1Br. The molecule has 0 fully saturated rings. The van der Waals surface area contributed by atoms with E-state index in [0.29, 0.717) is 6.42 Å². The summed E-state index contributed by atoms with van der Waals surface area (Å²) in [6.07, 6.45) is 3.33. The number of hydrogen-bond donors (Lipinski definition) is 1. The number of aryl methyl sites for hydroxylation is 1. The van der Waals surface area contributed by atoms with Crippen LogP contribution in [0.1, 0.15) is 30.8 Å². The molecule has 0 radical (unpaired) electrons. The third-order valence-corrected chi connectivity index (χ3v) is 3.56. The average Bonchev–Trinajstić information content (AvgIpc) is 2.78. The van der Waals surface area contributed by atoms with E-state index in [1.165, 1.54) is 0 Å². The van der Waals surface area contributed by atoms with Crippen LogP contribution in [-0.4, -0.2) is 14.8 Å². The third kappa shape index (κ3) is 2.97. The van der Waals surface area contributed by atoms with Crippen LogP contribution >= 0.6 is 15.9 Å². The number of rotatable bonds is 5. The van der Waals surface area contributed by atoms with Crippen molar-refractivity contribution in [2.75, 3.05) is 0 Å². The van der Waals surface area contributed by atoms with Gasteiger partial charge in [0.2, 0.25) is 0 Å². The molecule has 2 rings (SSSR count). The predicted molar refractivity (Wildman–Crippen MR) is 75.1 cm³/mol. The minimum Gasteiger partial charge on any atom is -0.324 e. The Balaban J connectivity index is 2.14. The molecule has 2 N–H and O–H groups in total. The standard InChI is InChI=1S/C13H17BrN4/c1-2-7-18-13(16-9-17-18)8-12(15)10-5-3-4-6-11(10)14/h3-6,9,12H,2,7-8,15H2,1H3. The summed E-state index contributed by atoms with van der Waals surface area (Å²) in [5, 5.41) is 4.21. The highest BCUT2D eigenvalue weighted by Crippen LogP contribution is 2.23. The van der Waals surface area contributed by atoms with E-state index in [-0.39, 0.29) is 6.04 Å². The summed E-state index contributed by atoms with van der Waals surface area (Å²) >= 11 is 3.53. The van der Waals surface area contributed by atoms with Crippen molar-refractivity contribution in [3.8, 4) is 0 Å². The summed E-state index contributed by atoms with van der Waals surface area (Å²) in [5.74, 6) is 0.945. The van der Waals surface area contributed by atoms with Crippen molar-refractivity contribution >= 4 is 15.9 Å². The van der Waals surface area contributed by atoms with E-state index in [1.807, 2.05) is 28.9 Å². The molecule has 1 aromatic carbocycles. The van der Waals surface area contributed by atoms with Gasteiger partial charge in [-0.2, -0.15) is 5.10 Å². The minimum absolute atomic E-state index is 0.0691. The van der Waals surface area contributed by atoms with Crippen LogP contribution in [0.2, 0.25) is 0 Å². The van der Waals surface area contributed by atoms with E-state index in [0.717, 1.165) is 28.8 Å². The van der Waals surface area contributed by atoms with Crippen LogP contribution in [-0.2, 0) is 13.0 Å². The zero-order chi connectivity index (χ0) is 13.0. The van der Waals surface area contributed by atoms with Crippen molar-refractivity contribution in [3.63, 3.8) is 0 Å². The molecule has 0 saturated carbocycles. The number of nitrogens with two attached hydrogens (primary N) is 1. The first-order chi connectivity index (χ1) is 8.72. The molecule has 96 valence electrons. The van der Waals surface area contributed by atoms with Crippen molar-refractivity contribution in [3.05, 3.63) is 46.5 Å². The van der Waals surface area contributed by atoms with E-state index >= 15 is 0 Å². The van der Waals surface area contributed by atoms with Gasteiger partial charge in [0.15, 0.2) is 0 Å². The Morgan fingerprint density at radius 3 is 2.89 bits per heavy atom. The molecular formula is C13H17BrN4. The van der Waals surface area contributed by atoms with Crippen LogP contribution in [0.25, 0.3) is 0 Å². The summed E-state index contributed by atoms with van der Waals surface area (Å²) < 4.78 is 2.97. The lowest BCUT2D eigenvalue weighted by Crippen LogP contribution is -2.17. The van der Waals surface area contributed by atoms with Crippen LogP contribution < -0.4 is 5.73 Å². The highest BCUT2D eigenvalue weighted by Gasteiger charge is 2.13. The largest absolute Gasteiger partial charge is 0.324 e. The van der Waals surface area contributed by atoms with Crippen molar-refractivity contribution in [1.82, 2.24) is 14.8 Å². The molecule has 0 aliphatic rings. The molecular weight excluding hydrogens is 292 g/mol. The zero-order valence-corrected chi connectivity index (χ0v) is 12.0. The maximum atomic E-state index is 6.24. The monoisotopic (exact) mass is 308 g/mol. The summed E-state index contributed by atoms with van der Waals surface area (Å²) in [6.45, 7) is 3.01. The Morgan fingerprint density at radius 2 is 2.17 bits per heavy atom. The van der Waals surface area contributed by atoms with Crippen LogP contribution in [0.15, 0.2) is 35.1 Å². The van der Waals surface area contributed by atoms with Crippen LogP contribution in [0.3, 0.4) is 0 Å². The Labute approximate surface area is 115 Å². The van der Waals surface area contributed by atoms with Gasteiger partial charge in [0, 0.05) is 23.5 Å². The maximum absolute atomic E-state index is 6.24. The summed E-state index contributed by atoms with van der Waals surface area (Å²) in [4.78, 5) is 4.29. The first-order valence-corrected chi connectivity index (χ1v) is 6.88. The summed E-state index contributed by atoms with van der Waals surface area (Å²) in [7, 11) is 0. The molecule has 0 saturated heterocycles. The Kier molecular flexibility index (Phi) is 4.49. The van der Waals surface area contributed by atoms with E-state index in [4.69, 9.17) is 5.73 Å². The minimum atomic E-state index is -0.0691. The Bertz CT molecular complexity index is 509. The molecule has 1 heterocycles. The molecule has 1 aromatic heterocycles. The summed E-state index contributed by atoms with van der Waals surface area (Å²) in [6, 6.07) is 7.96. The van der Waals surface area contributed by atoms with Gasteiger partial charge in [-0.25, -0.2) is 4.98 Å². The van der Waals surface area contributed by atoms with Crippen molar-refractivity contribution in [2.24, 2.45) is 5.73 Å². The van der Waals surface area contributed by atoms with Gasteiger partial charge in [-0.1, -0.05) is 41.1 Å². The number of hydrogen-bond acceptors (Lipinski definition) is 3. The van der Waals surface area contributed by atoms with Crippen LogP contribution in [0, 0.1) is 0 Å². The van der Waals surface area contributed by atoms with E-state index in [2.05, 4.69) is 32.9 Å². The lowest BCUT2D eigenvalue weighted by Gasteiger charge is -2.13. The molecule has 4 nitrogen and oxygen atoms in total. The topological polar surface area (TPSA) is 56.7 Å². The van der Waals surface area contributed by atoms with Gasteiger partial charge in [0.1, 0.15) is 12.2 Å². The molecule has 0 spiro atoms. The fourth-order valence-corrected chi connectivity index (χ4v) is 2.51. The lowest BCUT2D eigenvalue weighted by atomic mass is 10.0. The van der Waals surface area contributed by atoms with E-state index in [1.54, 1.807) is 6.33 Å². The van der Waals surface area contributed by atoms with Gasteiger partial charge in [-0.05, 0) is 18.1 Å². The quantitative estimate of drug-likeness (QED) is 0.924. The third-order valence-electron chi connectivity index (χ3n) is 2.84. The second kappa shape index (κ2) is 6.11. The first-order valence-electron chi connectivity index (χ1n) is 6.09. The lowest BCUT2D eigenvalue weighted by molar-refractivity contribution is 0.547. The normalized spacial score (nSPS) is 12.6. The van der Waals surface area contributed by atoms with Gasteiger partial charge < -0.3 is 5.73 Å². The molecule has 18 heavy (non-hydrogen) atoms. The van der Waals surface area contributed by atoms with Gasteiger partial charge in [-0.3, -0.25) is 4.68 Å². The summed E-state index contributed by atoms with van der Waals surface area (Å²) in [5.41, 5.74) is 7.34. The highest BCUT2D eigenvalue weighted by atomic mass is 79.9. The molecule has 2 aromatic rings. The Morgan fingerprint density at radius 1 is 1.39 bits per heavy atom. The average molecular weight is 309 g/mol. The number of benzene rings is 1. The van der Waals surface area contributed by atoms with Crippen molar-refractivity contribution in [2.45, 2.75) is 32.4 Å². The molecule has 0 amide bonds. The molecule has 0 aliphatic carbocycles. The fourth-order valence-electron chi connectivity index (χ4n) is 1.93. The second-order valence-corrected chi connectivity index (χ2v) is 5.09. The van der Waals surface area contributed by atoms with Crippen LogP contribution in [0.5, 0.6) is 0 Å². The number of aromatic nitrogens is 3. The second-order valence-electron chi connectivity index (χ2n) is 4.23. The number of halogens is 1. The zero-order valence-electron chi connectivity index (χ0n) is 10.4. The first kappa shape index (κ1) is 13.2. The van der Waals surface area contributed by atoms with Crippen molar-refractivity contribution in [1.29, 1.82) is 0 Å². The van der Waals surface area contributed by atoms with Crippen LogP contribution in [0.4, 0.5) is 0 Å². The van der Waals surface area contributed by atoms with Crippen molar-refractivity contribution < 1.29 is 0 Å². The molecule has 1 atom stereocenters. The van der Waals surface area contributed by atoms with Gasteiger partial charge in [0.25, 0.3) is 0 Å². The Hall–Kier alpha value is -1.20. The predicted octanol–water partition coefficient (Wildman–Crippen LogP) is 2.69. The van der Waals surface area contributed by atoms with Gasteiger partial charge in [-0.15, -0.1) is 0 Å². The van der Waals surface area contributed by atoms with E-state index < -0.39 is 0 Å². The van der Waals surface area contributed by atoms with Gasteiger partial charge in [0.05, 0.1) is 0 Å². The molecule has 0 aliphatic heterocycles. The molecule has 1 unspecified atom stereocenters. The molecule has 0 bridgehead atoms. The highest BCUT2D eigenvalue weighted by molar-refractivity contribution is 9.10. The van der Waals surface area contributed by atoms with E-state index in [9.17, 15) is 0 Å². The van der Waals surface area contributed by atoms with Gasteiger partial charge >= 0.3 is 0 Å². The molecule has 5 heteroatoms.